The molecular formula is C19H13N3O. The topological polar surface area (TPSA) is 47.8 Å². The molecule has 0 amide bonds. The van der Waals surface area contributed by atoms with E-state index in [-0.39, 0.29) is 5.56 Å². The third-order valence-corrected chi connectivity index (χ3v) is 3.79. The maximum atomic E-state index is 13.1. The fraction of sp³-hybridized carbons (Fsp3) is 0. The molecule has 0 atom stereocenters. The number of hydrogen-bond acceptors (Lipinski definition) is 3. The van der Waals surface area contributed by atoms with Gasteiger partial charge in [0.1, 0.15) is 0 Å². The summed E-state index contributed by atoms with van der Waals surface area (Å²) in [6.07, 6.45) is 6.80. The van der Waals surface area contributed by atoms with E-state index in [1.807, 2.05) is 54.6 Å². The van der Waals surface area contributed by atoms with E-state index in [0.29, 0.717) is 11.1 Å². The molecule has 2 bridgehead atoms. The summed E-state index contributed by atoms with van der Waals surface area (Å²) in [5.74, 6) is 0. The molecule has 0 aliphatic carbocycles. The molecule has 0 aliphatic heterocycles. The third-order valence-electron chi connectivity index (χ3n) is 3.79. The van der Waals surface area contributed by atoms with Crippen LogP contribution in [0.4, 0.5) is 0 Å². The van der Waals surface area contributed by atoms with E-state index in [9.17, 15) is 4.79 Å². The van der Waals surface area contributed by atoms with Crippen LogP contribution >= 0.6 is 0 Å². The SMILES string of the molecule is O=c1c2ccc(cc2)ccc2ccncc2n1-c1cccnc1. The Hall–Kier alpha value is -3.27. The average molecular weight is 299 g/mol. The number of hydrogen-bond donors (Lipinski definition) is 0. The standard InChI is InChI=1S/C19H13N3O/c23-19-16-7-4-14(5-8-16)3-6-15-9-11-21-13-18(15)22(19)17-2-1-10-20-12-17/h1-13H. The van der Waals surface area contributed by atoms with E-state index < -0.39 is 0 Å². The van der Waals surface area contributed by atoms with Crippen molar-refractivity contribution in [3.8, 4) is 5.69 Å². The molecule has 0 aliphatic rings. The second-order valence-electron chi connectivity index (χ2n) is 5.24. The molecule has 0 fully saturated rings. The zero-order valence-corrected chi connectivity index (χ0v) is 12.3. The second-order valence-corrected chi connectivity index (χ2v) is 5.24. The minimum atomic E-state index is -0.103. The smallest absolute Gasteiger partial charge is 0.262 e. The van der Waals surface area contributed by atoms with Crippen molar-refractivity contribution in [1.29, 1.82) is 0 Å². The monoisotopic (exact) mass is 299 g/mol. The Bertz CT molecular complexity index is 1070. The lowest BCUT2D eigenvalue weighted by Gasteiger charge is -2.08. The minimum absolute atomic E-state index is 0.103. The predicted octanol–water partition coefficient (Wildman–Crippen LogP) is 3.50. The maximum Gasteiger partial charge on any atom is 0.262 e. The second kappa shape index (κ2) is 5.50. The Balaban J connectivity index is 2.30. The molecule has 4 heteroatoms. The molecule has 0 unspecified atom stereocenters. The molecule has 5 aromatic rings. The summed E-state index contributed by atoms with van der Waals surface area (Å²) in [7, 11) is 0. The normalized spacial score (nSPS) is 10.8. The lowest BCUT2D eigenvalue weighted by molar-refractivity contribution is 1.04. The van der Waals surface area contributed by atoms with Crippen LogP contribution in [-0.2, 0) is 0 Å². The summed E-state index contributed by atoms with van der Waals surface area (Å²) in [5, 5.41) is 2.61. The average Bonchev–Trinajstić information content (AvgIpc) is 2.62. The zero-order valence-electron chi connectivity index (χ0n) is 12.3. The van der Waals surface area contributed by atoms with Gasteiger partial charge >= 0.3 is 0 Å². The number of fused-ring (bicyclic) bond motifs is 4. The van der Waals surface area contributed by atoms with Crippen molar-refractivity contribution in [3.63, 3.8) is 0 Å². The van der Waals surface area contributed by atoms with Gasteiger partial charge in [-0.3, -0.25) is 19.3 Å². The highest BCUT2D eigenvalue weighted by atomic mass is 16.1. The molecule has 5 rings (SSSR count). The summed E-state index contributed by atoms with van der Waals surface area (Å²) in [6, 6.07) is 17.2. The van der Waals surface area contributed by atoms with Gasteiger partial charge in [0.2, 0.25) is 0 Å². The highest BCUT2D eigenvalue weighted by molar-refractivity contribution is 5.80. The van der Waals surface area contributed by atoms with Crippen LogP contribution in [0.15, 0.2) is 84.2 Å². The van der Waals surface area contributed by atoms with E-state index in [1.165, 1.54) is 0 Å². The van der Waals surface area contributed by atoms with Gasteiger partial charge in [-0.2, -0.15) is 0 Å². The van der Waals surface area contributed by atoms with Crippen molar-refractivity contribution in [3.05, 3.63) is 89.7 Å². The summed E-state index contributed by atoms with van der Waals surface area (Å²) in [4.78, 5) is 21.4. The Morgan fingerprint density at radius 1 is 0.739 bits per heavy atom. The third kappa shape index (κ3) is 2.40. The van der Waals surface area contributed by atoms with Crippen LogP contribution in [0.5, 0.6) is 0 Å². The molecule has 4 nitrogen and oxygen atoms in total. The Morgan fingerprint density at radius 2 is 1.48 bits per heavy atom. The Morgan fingerprint density at radius 3 is 2.22 bits per heavy atom. The molecule has 0 spiro atoms. The molecule has 110 valence electrons. The lowest BCUT2D eigenvalue weighted by atomic mass is 10.2. The first kappa shape index (κ1) is 13.4. The van der Waals surface area contributed by atoms with Gasteiger partial charge < -0.3 is 0 Å². The van der Waals surface area contributed by atoms with Crippen LogP contribution in [0.2, 0.25) is 0 Å². The number of nitrogens with zero attached hydrogens (tertiary/aromatic N) is 3. The van der Waals surface area contributed by atoms with Crippen molar-refractivity contribution >= 4 is 21.7 Å². The van der Waals surface area contributed by atoms with Crippen molar-refractivity contribution in [2.75, 3.05) is 0 Å². The molecule has 0 N–H and O–H groups in total. The molecule has 4 heterocycles. The van der Waals surface area contributed by atoms with Gasteiger partial charge in [0.05, 0.1) is 23.6 Å². The lowest BCUT2D eigenvalue weighted by Crippen LogP contribution is -2.17. The first-order chi connectivity index (χ1) is 11.3. The van der Waals surface area contributed by atoms with Crippen molar-refractivity contribution in [2.45, 2.75) is 0 Å². The van der Waals surface area contributed by atoms with Gasteiger partial charge in [0, 0.05) is 23.2 Å². The molecule has 1 aromatic carbocycles. The number of rotatable bonds is 1. The van der Waals surface area contributed by atoms with Crippen LogP contribution in [-0.4, -0.2) is 14.5 Å². The summed E-state index contributed by atoms with van der Waals surface area (Å²) >= 11 is 0. The first-order valence-corrected chi connectivity index (χ1v) is 7.29. The van der Waals surface area contributed by atoms with Crippen LogP contribution in [0.25, 0.3) is 27.4 Å². The van der Waals surface area contributed by atoms with Crippen molar-refractivity contribution in [2.24, 2.45) is 0 Å². The Labute approximate surface area is 132 Å². The minimum Gasteiger partial charge on any atom is -0.273 e. The van der Waals surface area contributed by atoms with Crippen LogP contribution in [0.1, 0.15) is 0 Å². The van der Waals surface area contributed by atoms with E-state index in [2.05, 4.69) is 9.97 Å². The largest absolute Gasteiger partial charge is 0.273 e. The molecule has 23 heavy (non-hydrogen) atoms. The van der Waals surface area contributed by atoms with E-state index in [1.54, 1.807) is 29.4 Å². The Kier molecular flexibility index (Phi) is 3.20. The van der Waals surface area contributed by atoms with Gasteiger partial charge in [-0.25, -0.2) is 0 Å². The highest BCUT2D eigenvalue weighted by Crippen LogP contribution is 2.15. The van der Waals surface area contributed by atoms with E-state index >= 15 is 0 Å². The van der Waals surface area contributed by atoms with Crippen LogP contribution < -0.4 is 5.56 Å². The van der Waals surface area contributed by atoms with Gasteiger partial charge in [0.25, 0.3) is 5.56 Å². The van der Waals surface area contributed by atoms with Gasteiger partial charge in [-0.05, 0) is 35.7 Å². The molecule has 0 saturated heterocycles. The van der Waals surface area contributed by atoms with Crippen LogP contribution in [0, 0.1) is 0 Å². The van der Waals surface area contributed by atoms with Gasteiger partial charge in [-0.15, -0.1) is 0 Å². The van der Waals surface area contributed by atoms with Crippen molar-refractivity contribution < 1.29 is 0 Å². The zero-order chi connectivity index (χ0) is 15.6. The fourth-order valence-corrected chi connectivity index (χ4v) is 2.63. The molecular weight excluding hydrogens is 286 g/mol. The maximum absolute atomic E-state index is 13.1. The molecule has 4 aromatic heterocycles. The van der Waals surface area contributed by atoms with Gasteiger partial charge in [0.15, 0.2) is 0 Å². The van der Waals surface area contributed by atoms with E-state index in [0.717, 1.165) is 16.3 Å². The predicted molar refractivity (Wildman–Crippen MR) is 91.5 cm³/mol. The number of benzene rings is 1. The number of aromatic nitrogens is 3. The van der Waals surface area contributed by atoms with Crippen molar-refractivity contribution in [1.82, 2.24) is 14.5 Å². The highest BCUT2D eigenvalue weighted by Gasteiger charge is 2.05. The quantitative estimate of drug-likeness (QED) is 0.540. The van der Waals surface area contributed by atoms with Crippen LogP contribution in [0.3, 0.4) is 0 Å². The summed E-state index contributed by atoms with van der Waals surface area (Å²) in [5.41, 5.74) is 1.35. The first-order valence-electron chi connectivity index (χ1n) is 7.29. The summed E-state index contributed by atoms with van der Waals surface area (Å²) < 4.78 is 1.65. The fourth-order valence-electron chi connectivity index (χ4n) is 2.63. The molecule has 0 saturated carbocycles. The number of pyridine rings is 2. The van der Waals surface area contributed by atoms with E-state index in [4.69, 9.17) is 0 Å². The van der Waals surface area contributed by atoms with Gasteiger partial charge in [-0.1, -0.05) is 24.3 Å². The summed E-state index contributed by atoms with van der Waals surface area (Å²) in [6.45, 7) is 0. The molecule has 0 radical (unpaired) electrons.